The maximum Gasteiger partial charge on any atom is 0.211 e. The predicted octanol–water partition coefficient (Wildman–Crippen LogP) is 3.46. The summed E-state index contributed by atoms with van der Waals surface area (Å²) >= 11 is 0. The smallest absolute Gasteiger partial charge is 0.211 e. The zero-order valence-corrected chi connectivity index (χ0v) is 10.7. The van der Waals surface area contributed by atoms with Crippen molar-refractivity contribution in [1.82, 2.24) is 10.3 Å². The molecule has 1 aromatic rings. The van der Waals surface area contributed by atoms with Gasteiger partial charge in [0.15, 0.2) is 0 Å². The Labute approximate surface area is 103 Å². The standard InChI is InChI=1S/C14H22N2O/c1-10-13(11-6-3-2-4-7-11)16-14(17-10)12-8-5-9-15-12/h11-12,15H,2-9H2,1H3. The third-order valence-corrected chi connectivity index (χ3v) is 4.20. The average Bonchev–Trinajstić information content (AvgIpc) is 2.99. The van der Waals surface area contributed by atoms with Crippen molar-refractivity contribution >= 4 is 0 Å². The minimum Gasteiger partial charge on any atom is -0.444 e. The third-order valence-electron chi connectivity index (χ3n) is 4.20. The zero-order chi connectivity index (χ0) is 11.7. The van der Waals surface area contributed by atoms with E-state index in [9.17, 15) is 0 Å². The van der Waals surface area contributed by atoms with Crippen molar-refractivity contribution < 1.29 is 4.42 Å². The van der Waals surface area contributed by atoms with Crippen molar-refractivity contribution in [3.05, 3.63) is 17.3 Å². The number of nitrogens with one attached hydrogen (secondary N) is 1. The van der Waals surface area contributed by atoms with Crippen LogP contribution in [0, 0.1) is 6.92 Å². The molecule has 1 aromatic heterocycles. The second kappa shape index (κ2) is 4.81. The van der Waals surface area contributed by atoms with Crippen LogP contribution in [0.4, 0.5) is 0 Å². The molecule has 1 unspecified atom stereocenters. The number of oxazole rings is 1. The van der Waals surface area contributed by atoms with E-state index < -0.39 is 0 Å². The molecule has 3 heteroatoms. The van der Waals surface area contributed by atoms with Crippen LogP contribution in [0.15, 0.2) is 4.42 Å². The molecule has 1 N–H and O–H groups in total. The van der Waals surface area contributed by atoms with Crippen LogP contribution in [0.5, 0.6) is 0 Å². The maximum atomic E-state index is 5.88. The van der Waals surface area contributed by atoms with Gasteiger partial charge in [-0.15, -0.1) is 0 Å². The fourth-order valence-electron chi connectivity index (χ4n) is 3.23. The van der Waals surface area contributed by atoms with E-state index in [0.29, 0.717) is 12.0 Å². The van der Waals surface area contributed by atoms with Crippen molar-refractivity contribution in [2.24, 2.45) is 0 Å². The highest BCUT2D eigenvalue weighted by atomic mass is 16.4. The monoisotopic (exact) mass is 234 g/mol. The highest BCUT2D eigenvalue weighted by Gasteiger charge is 2.26. The van der Waals surface area contributed by atoms with Crippen LogP contribution in [-0.2, 0) is 0 Å². The Bertz CT molecular complexity index is 374. The minimum absolute atomic E-state index is 0.367. The lowest BCUT2D eigenvalue weighted by atomic mass is 9.86. The first-order valence-corrected chi connectivity index (χ1v) is 7.05. The largest absolute Gasteiger partial charge is 0.444 e. The van der Waals surface area contributed by atoms with Gasteiger partial charge in [-0.05, 0) is 39.2 Å². The molecule has 2 fully saturated rings. The first-order valence-electron chi connectivity index (χ1n) is 7.05. The van der Waals surface area contributed by atoms with Crippen LogP contribution in [0.1, 0.15) is 74.3 Å². The molecule has 1 aliphatic heterocycles. The maximum absolute atomic E-state index is 5.88. The van der Waals surface area contributed by atoms with Gasteiger partial charge >= 0.3 is 0 Å². The molecule has 0 spiro atoms. The number of hydrogen-bond acceptors (Lipinski definition) is 3. The molecule has 0 aromatic carbocycles. The van der Waals surface area contributed by atoms with Crippen molar-refractivity contribution in [2.45, 2.75) is 63.8 Å². The molecule has 1 aliphatic carbocycles. The Morgan fingerprint density at radius 2 is 1.94 bits per heavy atom. The van der Waals surface area contributed by atoms with E-state index in [2.05, 4.69) is 12.2 Å². The molecule has 1 atom stereocenters. The van der Waals surface area contributed by atoms with E-state index in [1.165, 1.54) is 50.6 Å². The van der Waals surface area contributed by atoms with Gasteiger partial charge in [0, 0.05) is 5.92 Å². The van der Waals surface area contributed by atoms with E-state index in [0.717, 1.165) is 18.2 Å². The summed E-state index contributed by atoms with van der Waals surface area (Å²) in [5.41, 5.74) is 1.24. The number of aromatic nitrogens is 1. The summed E-state index contributed by atoms with van der Waals surface area (Å²) in [6.07, 6.45) is 9.11. The lowest BCUT2D eigenvalue weighted by Crippen LogP contribution is -2.13. The second-order valence-electron chi connectivity index (χ2n) is 5.48. The topological polar surface area (TPSA) is 38.1 Å². The Morgan fingerprint density at radius 1 is 1.12 bits per heavy atom. The lowest BCUT2D eigenvalue weighted by molar-refractivity contribution is 0.410. The molecule has 0 bridgehead atoms. The van der Waals surface area contributed by atoms with E-state index in [-0.39, 0.29) is 0 Å². The molecule has 2 aliphatic rings. The Balaban J connectivity index is 1.79. The summed E-state index contributed by atoms with van der Waals surface area (Å²) in [6.45, 7) is 3.18. The van der Waals surface area contributed by atoms with Crippen molar-refractivity contribution in [3.63, 3.8) is 0 Å². The molecular formula is C14H22N2O. The lowest BCUT2D eigenvalue weighted by Gasteiger charge is -2.19. The number of rotatable bonds is 2. The van der Waals surface area contributed by atoms with Crippen LogP contribution in [0.2, 0.25) is 0 Å². The van der Waals surface area contributed by atoms with Gasteiger partial charge in [-0.25, -0.2) is 4.98 Å². The average molecular weight is 234 g/mol. The minimum atomic E-state index is 0.367. The Hall–Kier alpha value is -0.830. The first-order chi connectivity index (χ1) is 8.34. The van der Waals surface area contributed by atoms with Gasteiger partial charge in [0.1, 0.15) is 5.76 Å². The van der Waals surface area contributed by atoms with Gasteiger partial charge in [0.25, 0.3) is 0 Å². The number of aryl methyl sites for hydroxylation is 1. The van der Waals surface area contributed by atoms with E-state index >= 15 is 0 Å². The highest BCUT2D eigenvalue weighted by Crippen LogP contribution is 2.35. The summed E-state index contributed by atoms with van der Waals surface area (Å²) in [5.74, 6) is 2.64. The molecule has 2 heterocycles. The normalized spacial score (nSPS) is 26.5. The fraction of sp³-hybridized carbons (Fsp3) is 0.786. The zero-order valence-electron chi connectivity index (χ0n) is 10.7. The Kier molecular flexibility index (Phi) is 3.19. The van der Waals surface area contributed by atoms with Crippen LogP contribution >= 0.6 is 0 Å². The highest BCUT2D eigenvalue weighted by molar-refractivity contribution is 5.16. The van der Waals surface area contributed by atoms with Gasteiger partial charge in [0.05, 0.1) is 11.7 Å². The third kappa shape index (κ3) is 2.25. The number of nitrogens with zero attached hydrogens (tertiary/aromatic N) is 1. The SMILES string of the molecule is Cc1oc(C2CCCN2)nc1C1CCCCC1. The van der Waals surface area contributed by atoms with Gasteiger partial charge in [0.2, 0.25) is 5.89 Å². The van der Waals surface area contributed by atoms with E-state index in [1.54, 1.807) is 0 Å². The summed E-state index contributed by atoms with van der Waals surface area (Å²) in [4.78, 5) is 4.79. The second-order valence-corrected chi connectivity index (χ2v) is 5.48. The van der Waals surface area contributed by atoms with Gasteiger partial charge in [-0.3, -0.25) is 0 Å². The van der Waals surface area contributed by atoms with Gasteiger partial charge in [-0.1, -0.05) is 19.3 Å². The first kappa shape index (κ1) is 11.3. The molecule has 1 saturated carbocycles. The summed E-state index contributed by atoms with van der Waals surface area (Å²) in [5, 5.41) is 3.46. The Morgan fingerprint density at radius 3 is 2.65 bits per heavy atom. The van der Waals surface area contributed by atoms with Crippen molar-refractivity contribution in [2.75, 3.05) is 6.54 Å². The fourth-order valence-corrected chi connectivity index (χ4v) is 3.23. The molecule has 0 amide bonds. The van der Waals surface area contributed by atoms with Crippen LogP contribution < -0.4 is 5.32 Å². The predicted molar refractivity (Wildman–Crippen MR) is 67.0 cm³/mol. The van der Waals surface area contributed by atoms with Crippen LogP contribution in [-0.4, -0.2) is 11.5 Å². The molecule has 17 heavy (non-hydrogen) atoms. The van der Waals surface area contributed by atoms with E-state index in [1.807, 2.05) is 0 Å². The van der Waals surface area contributed by atoms with Crippen LogP contribution in [0.3, 0.4) is 0 Å². The molecule has 1 saturated heterocycles. The summed E-state index contributed by atoms with van der Waals surface area (Å²) < 4.78 is 5.88. The molecule has 0 radical (unpaired) electrons. The van der Waals surface area contributed by atoms with Gasteiger partial charge < -0.3 is 9.73 Å². The summed E-state index contributed by atoms with van der Waals surface area (Å²) in [6, 6.07) is 0.367. The van der Waals surface area contributed by atoms with E-state index in [4.69, 9.17) is 9.40 Å². The molecule has 3 rings (SSSR count). The molecule has 94 valence electrons. The number of hydrogen-bond donors (Lipinski definition) is 1. The van der Waals surface area contributed by atoms with Crippen molar-refractivity contribution in [1.29, 1.82) is 0 Å². The molecule has 3 nitrogen and oxygen atoms in total. The quantitative estimate of drug-likeness (QED) is 0.851. The molecular weight excluding hydrogens is 212 g/mol. The van der Waals surface area contributed by atoms with Gasteiger partial charge in [-0.2, -0.15) is 0 Å². The van der Waals surface area contributed by atoms with Crippen LogP contribution in [0.25, 0.3) is 0 Å². The summed E-state index contributed by atoms with van der Waals surface area (Å²) in [7, 11) is 0. The van der Waals surface area contributed by atoms with Crippen molar-refractivity contribution in [3.8, 4) is 0 Å².